The summed E-state index contributed by atoms with van der Waals surface area (Å²) in [5.41, 5.74) is 2.59. The lowest BCUT2D eigenvalue weighted by Gasteiger charge is -1.87. The summed E-state index contributed by atoms with van der Waals surface area (Å²) in [5.74, 6) is 0.678. The first-order chi connectivity index (χ1) is 6.34. The second-order valence-corrected chi connectivity index (χ2v) is 2.98. The highest BCUT2D eigenvalue weighted by molar-refractivity contribution is 6.00. The van der Waals surface area contributed by atoms with Gasteiger partial charge in [-0.3, -0.25) is 5.10 Å². The summed E-state index contributed by atoms with van der Waals surface area (Å²) >= 11 is 0. The van der Waals surface area contributed by atoms with Gasteiger partial charge in [0.1, 0.15) is 5.52 Å². The summed E-state index contributed by atoms with van der Waals surface area (Å²) in [7, 11) is 0. The molecule has 0 atom stereocenters. The third kappa shape index (κ3) is 0.796. The van der Waals surface area contributed by atoms with E-state index >= 15 is 0 Å². The number of H-pyrrole nitrogens is 1. The number of hydrogen-bond acceptors (Lipinski definition) is 3. The number of aromatic nitrogens is 3. The van der Waals surface area contributed by atoms with Crippen LogP contribution in [0.4, 0.5) is 0 Å². The van der Waals surface area contributed by atoms with Gasteiger partial charge in [0, 0.05) is 12.3 Å². The van der Waals surface area contributed by atoms with Crippen LogP contribution in [-0.2, 0) is 0 Å². The predicted octanol–water partition coefficient (Wildman–Crippen LogP) is 2.01. The largest absolute Gasteiger partial charge is 0.441 e. The summed E-state index contributed by atoms with van der Waals surface area (Å²) < 4.78 is 5.39. The van der Waals surface area contributed by atoms with Crippen molar-refractivity contribution in [2.45, 2.75) is 6.92 Å². The van der Waals surface area contributed by atoms with Crippen LogP contribution in [0.2, 0.25) is 0 Å². The number of nitrogens with zero attached hydrogens (tertiary/aromatic N) is 2. The Morgan fingerprint density at radius 1 is 1.38 bits per heavy atom. The molecule has 3 rings (SSSR count). The Morgan fingerprint density at radius 3 is 3.23 bits per heavy atom. The van der Waals surface area contributed by atoms with Crippen LogP contribution in [0.1, 0.15) is 5.89 Å². The number of fused-ring (bicyclic) bond motifs is 3. The number of aromatic amines is 1. The minimum atomic E-state index is 0.678. The van der Waals surface area contributed by atoms with Crippen LogP contribution >= 0.6 is 0 Å². The molecule has 3 aromatic rings. The van der Waals surface area contributed by atoms with Crippen LogP contribution in [0.15, 0.2) is 22.7 Å². The fourth-order valence-electron chi connectivity index (χ4n) is 1.51. The first kappa shape index (κ1) is 6.65. The molecule has 0 spiro atoms. The van der Waals surface area contributed by atoms with Crippen molar-refractivity contribution in [1.82, 2.24) is 15.2 Å². The summed E-state index contributed by atoms with van der Waals surface area (Å²) in [4.78, 5) is 4.28. The van der Waals surface area contributed by atoms with Gasteiger partial charge >= 0.3 is 0 Å². The molecule has 0 aliphatic carbocycles. The number of rotatable bonds is 0. The smallest absolute Gasteiger partial charge is 0.192 e. The molecule has 0 fully saturated rings. The van der Waals surface area contributed by atoms with Gasteiger partial charge in [0.05, 0.1) is 11.7 Å². The maximum absolute atomic E-state index is 5.39. The number of oxazole rings is 1. The van der Waals surface area contributed by atoms with Crippen molar-refractivity contribution >= 4 is 22.0 Å². The van der Waals surface area contributed by atoms with Crippen LogP contribution in [-0.4, -0.2) is 15.2 Å². The predicted molar refractivity (Wildman–Crippen MR) is 48.4 cm³/mol. The Kier molecular flexibility index (Phi) is 1.07. The molecule has 0 aliphatic heterocycles. The standard InChI is InChI=1S/C9H7N3O/c1-5-11-9-7(13-5)3-2-6-4-10-12-8(6)9/h2-4H,1H3,(H,10,12). The van der Waals surface area contributed by atoms with E-state index in [2.05, 4.69) is 15.2 Å². The van der Waals surface area contributed by atoms with Gasteiger partial charge in [0.15, 0.2) is 11.5 Å². The molecule has 64 valence electrons. The van der Waals surface area contributed by atoms with Crippen molar-refractivity contribution in [2.24, 2.45) is 0 Å². The molecule has 4 nitrogen and oxygen atoms in total. The van der Waals surface area contributed by atoms with Crippen LogP contribution in [0.3, 0.4) is 0 Å². The topological polar surface area (TPSA) is 54.7 Å². The third-order valence-corrected chi connectivity index (χ3v) is 2.08. The Hall–Kier alpha value is -1.84. The zero-order valence-electron chi connectivity index (χ0n) is 7.03. The number of nitrogens with one attached hydrogen (secondary N) is 1. The molecule has 0 saturated carbocycles. The van der Waals surface area contributed by atoms with E-state index in [1.807, 2.05) is 19.1 Å². The van der Waals surface area contributed by atoms with Gasteiger partial charge in [0.2, 0.25) is 0 Å². The van der Waals surface area contributed by atoms with E-state index in [4.69, 9.17) is 4.42 Å². The fourth-order valence-corrected chi connectivity index (χ4v) is 1.51. The van der Waals surface area contributed by atoms with Gasteiger partial charge in [0.25, 0.3) is 0 Å². The quantitative estimate of drug-likeness (QED) is 0.565. The lowest BCUT2D eigenvalue weighted by Crippen LogP contribution is -1.73. The van der Waals surface area contributed by atoms with Gasteiger partial charge in [-0.1, -0.05) is 0 Å². The maximum atomic E-state index is 5.39. The molecule has 0 aliphatic rings. The first-order valence-corrected chi connectivity index (χ1v) is 4.04. The van der Waals surface area contributed by atoms with Crippen molar-refractivity contribution in [3.8, 4) is 0 Å². The van der Waals surface area contributed by atoms with E-state index in [-0.39, 0.29) is 0 Å². The highest BCUT2D eigenvalue weighted by atomic mass is 16.3. The highest BCUT2D eigenvalue weighted by Gasteiger charge is 2.07. The summed E-state index contributed by atoms with van der Waals surface area (Å²) in [6.45, 7) is 1.84. The molecular weight excluding hydrogens is 166 g/mol. The van der Waals surface area contributed by atoms with Crippen LogP contribution in [0.25, 0.3) is 22.0 Å². The van der Waals surface area contributed by atoms with Gasteiger partial charge in [-0.15, -0.1) is 0 Å². The lowest BCUT2D eigenvalue weighted by atomic mass is 10.2. The van der Waals surface area contributed by atoms with E-state index < -0.39 is 0 Å². The molecule has 0 saturated heterocycles. The second kappa shape index (κ2) is 2.10. The SMILES string of the molecule is Cc1nc2c(ccc3cn[nH]c32)o1. The summed E-state index contributed by atoms with van der Waals surface area (Å²) in [5, 5.41) is 7.91. The average Bonchev–Trinajstić information content (AvgIpc) is 2.65. The van der Waals surface area contributed by atoms with Gasteiger partial charge in [-0.05, 0) is 12.1 Å². The molecule has 0 unspecified atom stereocenters. The molecular formula is C9H7N3O. The molecule has 1 aromatic carbocycles. The van der Waals surface area contributed by atoms with Crippen LogP contribution in [0, 0.1) is 6.92 Å². The Bertz CT molecular complexity index is 579. The zero-order chi connectivity index (χ0) is 8.84. The van der Waals surface area contributed by atoms with Crippen molar-refractivity contribution in [1.29, 1.82) is 0 Å². The fraction of sp³-hybridized carbons (Fsp3) is 0.111. The van der Waals surface area contributed by atoms with Crippen molar-refractivity contribution < 1.29 is 4.42 Å². The molecule has 2 aromatic heterocycles. The number of benzene rings is 1. The molecule has 0 bridgehead atoms. The Morgan fingerprint density at radius 2 is 2.31 bits per heavy atom. The van der Waals surface area contributed by atoms with E-state index in [1.54, 1.807) is 6.20 Å². The van der Waals surface area contributed by atoms with E-state index in [9.17, 15) is 0 Å². The molecule has 4 heteroatoms. The highest BCUT2D eigenvalue weighted by Crippen LogP contribution is 2.22. The van der Waals surface area contributed by atoms with Crippen molar-refractivity contribution in [2.75, 3.05) is 0 Å². The monoisotopic (exact) mass is 173 g/mol. The third-order valence-electron chi connectivity index (χ3n) is 2.08. The summed E-state index contributed by atoms with van der Waals surface area (Å²) in [6, 6.07) is 3.87. The molecule has 1 N–H and O–H groups in total. The van der Waals surface area contributed by atoms with Gasteiger partial charge < -0.3 is 4.42 Å². The van der Waals surface area contributed by atoms with E-state index in [1.165, 1.54) is 0 Å². The Labute approximate surface area is 73.6 Å². The van der Waals surface area contributed by atoms with Crippen molar-refractivity contribution in [3.63, 3.8) is 0 Å². The maximum Gasteiger partial charge on any atom is 0.192 e. The summed E-state index contributed by atoms with van der Waals surface area (Å²) in [6.07, 6.45) is 1.78. The molecule has 13 heavy (non-hydrogen) atoms. The Balaban J connectivity index is 2.64. The van der Waals surface area contributed by atoms with Crippen molar-refractivity contribution in [3.05, 3.63) is 24.2 Å². The normalized spacial score (nSPS) is 11.5. The van der Waals surface area contributed by atoms with E-state index in [0.29, 0.717) is 5.89 Å². The molecule has 0 radical (unpaired) electrons. The van der Waals surface area contributed by atoms with Crippen LogP contribution in [0.5, 0.6) is 0 Å². The van der Waals surface area contributed by atoms with Gasteiger partial charge in [-0.2, -0.15) is 5.10 Å². The molecule has 2 heterocycles. The first-order valence-electron chi connectivity index (χ1n) is 4.04. The second-order valence-electron chi connectivity index (χ2n) is 2.98. The minimum Gasteiger partial charge on any atom is -0.441 e. The number of aryl methyl sites for hydroxylation is 1. The van der Waals surface area contributed by atoms with Crippen LogP contribution < -0.4 is 0 Å². The average molecular weight is 173 g/mol. The lowest BCUT2D eigenvalue weighted by molar-refractivity contribution is 0.561. The minimum absolute atomic E-state index is 0.678. The van der Waals surface area contributed by atoms with E-state index in [0.717, 1.165) is 22.0 Å². The zero-order valence-corrected chi connectivity index (χ0v) is 7.03. The molecule has 0 amide bonds. The number of hydrogen-bond donors (Lipinski definition) is 1. The van der Waals surface area contributed by atoms with Gasteiger partial charge in [-0.25, -0.2) is 4.98 Å².